The molecule has 0 saturated carbocycles. The van der Waals surface area contributed by atoms with Crippen molar-refractivity contribution in [3.8, 4) is 0 Å². The lowest BCUT2D eigenvalue weighted by atomic mass is 9.96. The maximum absolute atomic E-state index is 11.2. The smallest absolute Gasteiger partial charge is 0.157 e. The van der Waals surface area contributed by atoms with Gasteiger partial charge in [0.1, 0.15) is 9.84 Å². The minimum Gasteiger partial charge on any atom is -0.359 e. The lowest BCUT2D eigenvalue weighted by Gasteiger charge is -2.25. The average molecular weight is 278 g/mol. The molecule has 1 heterocycles. The Morgan fingerprint density at radius 3 is 2.47 bits per heavy atom. The van der Waals surface area contributed by atoms with Crippen molar-refractivity contribution in [3.63, 3.8) is 0 Å². The first-order valence-electron chi connectivity index (χ1n) is 5.97. The molecule has 0 radical (unpaired) electrons. The molecular formula is C11H22N2O2S2. The summed E-state index contributed by atoms with van der Waals surface area (Å²) >= 11 is 1.70. The van der Waals surface area contributed by atoms with E-state index in [1.807, 2.05) is 6.92 Å². The second kappa shape index (κ2) is 5.61. The van der Waals surface area contributed by atoms with Gasteiger partial charge in [-0.05, 0) is 19.8 Å². The van der Waals surface area contributed by atoms with E-state index in [0.717, 1.165) is 23.8 Å². The zero-order chi connectivity index (χ0) is 13.1. The van der Waals surface area contributed by atoms with Gasteiger partial charge in [-0.3, -0.25) is 4.99 Å². The van der Waals surface area contributed by atoms with E-state index >= 15 is 0 Å². The fourth-order valence-corrected chi connectivity index (χ4v) is 4.27. The lowest BCUT2D eigenvalue weighted by molar-refractivity contribution is 0.407. The fourth-order valence-electron chi connectivity index (χ4n) is 1.88. The van der Waals surface area contributed by atoms with Gasteiger partial charge in [-0.25, -0.2) is 8.42 Å². The summed E-state index contributed by atoms with van der Waals surface area (Å²) in [6, 6.07) is -0.176. The van der Waals surface area contributed by atoms with Crippen molar-refractivity contribution in [1.29, 1.82) is 0 Å². The van der Waals surface area contributed by atoms with Gasteiger partial charge in [-0.1, -0.05) is 25.6 Å². The molecule has 0 aromatic rings. The van der Waals surface area contributed by atoms with Crippen molar-refractivity contribution in [2.75, 3.05) is 17.8 Å². The van der Waals surface area contributed by atoms with Gasteiger partial charge in [-0.15, -0.1) is 0 Å². The third kappa shape index (κ3) is 4.50. The highest BCUT2D eigenvalue weighted by molar-refractivity contribution is 8.14. The van der Waals surface area contributed by atoms with Crippen LogP contribution >= 0.6 is 11.8 Å². The molecule has 1 aliphatic rings. The summed E-state index contributed by atoms with van der Waals surface area (Å²) in [5.74, 6) is 1.13. The van der Waals surface area contributed by atoms with Crippen LogP contribution in [0.25, 0.3) is 0 Å². The van der Waals surface area contributed by atoms with Gasteiger partial charge in [0.25, 0.3) is 0 Å². The predicted octanol–water partition coefficient (Wildman–Crippen LogP) is 1.67. The molecule has 1 rings (SSSR count). The molecule has 6 heteroatoms. The summed E-state index contributed by atoms with van der Waals surface area (Å²) in [4.78, 5) is 4.44. The van der Waals surface area contributed by atoms with E-state index in [4.69, 9.17) is 0 Å². The number of amidine groups is 1. The van der Waals surface area contributed by atoms with E-state index in [1.54, 1.807) is 11.8 Å². The Labute approximate surface area is 109 Å². The normalized spacial score (nSPS) is 23.6. The summed E-state index contributed by atoms with van der Waals surface area (Å²) in [5, 5.41) is 4.33. The summed E-state index contributed by atoms with van der Waals surface area (Å²) in [6.45, 7) is 6.17. The van der Waals surface area contributed by atoms with E-state index < -0.39 is 9.84 Å². The van der Waals surface area contributed by atoms with Crippen LogP contribution in [-0.4, -0.2) is 42.9 Å². The molecule has 1 fully saturated rings. The van der Waals surface area contributed by atoms with Crippen molar-refractivity contribution < 1.29 is 8.42 Å². The predicted molar refractivity (Wildman–Crippen MR) is 75.5 cm³/mol. The molecule has 1 unspecified atom stereocenters. The Morgan fingerprint density at radius 1 is 1.47 bits per heavy atom. The monoisotopic (exact) mass is 278 g/mol. The second-order valence-corrected chi connectivity index (χ2v) is 7.93. The van der Waals surface area contributed by atoms with Crippen LogP contribution in [0.15, 0.2) is 4.99 Å². The van der Waals surface area contributed by atoms with Crippen LogP contribution in [0.1, 0.15) is 33.6 Å². The van der Waals surface area contributed by atoms with Gasteiger partial charge in [0, 0.05) is 17.5 Å². The maximum Gasteiger partial charge on any atom is 0.157 e. The second-order valence-electron chi connectivity index (χ2n) is 4.78. The molecule has 1 saturated heterocycles. The number of thioether (sulfide) groups is 1. The van der Waals surface area contributed by atoms with E-state index in [9.17, 15) is 8.42 Å². The molecule has 0 spiro atoms. The number of sulfone groups is 1. The molecular weight excluding hydrogens is 256 g/mol. The first kappa shape index (κ1) is 14.8. The highest BCUT2D eigenvalue weighted by Gasteiger charge is 2.33. The van der Waals surface area contributed by atoms with Crippen LogP contribution in [-0.2, 0) is 9.84 Å². The van der Waals surface area contributed by atoms with Gasteiger partial charge in [-0.2, -0.15) is 0 Å². The van der Waals surface area contributed by atoms with Crippen LogP contribution in [0.4, 0.5) is 0 Å². The fraction of sp³-hybridized carbons (Fsp3) is 0.909. The minimum absolute atomic E-state index is 0.115. The number of nitrogens with zero attached hydrogens (tertiary/aromatic N) is 1. The largest absolute Gasteiger partial charge is 0.359 e. The van der Waals surface area contributed by atoms with Crippen LogP contribution in [0.5, 0.6) is 0 Å². The summed E-state index contributed by atoms with van der Waals surface area (Å²) in [5.41, 5.74) is 0.147. The lowest BCUT2D eigenvalue weighted by Crippen LogP contribution is -2.42. The van der Waals surface area contributed by atoms with E-state index in [2.05, 4.69) is 24.2 Å². The van der Waals surface area contributed by atoms with Gasteiger partial charge in [0.2, 0.25) is 0 Å². The van der Waals surface area contributed by atoms with Crippen LogP contribution in [0, 0.1) is 0 Å². The molecule has 0 aromatic heterocycles. The number of hydrogen-bond donors (Lipinski definition) is 1. The minimum atomic E-state index is -2.95. The van der Waals surface area contributed by atoms with Crippen molar-refractivity contribution in [2.24, 2.45) is 4.99 Å². The van der Waals surface area contributed by atoms with Crippen LogP contribution < -0.4 is 5.32 Å². The van der Waals surface area contributed by atoms with Gasteiger partial charge >= 0.3 is 0 Å². The number of nitrogens with one attached hydrogen (secondary N) is 1. The standard InChI is InChI=1S/C11H22N2O2S2/c1-5-11(6-2)8-16-10(13-11)12-9(3)7-17(4,14)15/h9H,5-8H2,1-4H3,(H,12,13). The highest BCUT2D eigenvalue weighted by atomic mass is 32.2. The molecule has 1 aliphatic heterocycles. The Bertz CT molecular complexity index is 386. The van der Waals surface area contributed by atoms with Gasteiger partial charge in [0.15, 0.2) is 5.17 Å². The van der Waals surface area contributed by atoms with E-state index in [-0.39, 0.29) is 17.3 Å². The highest BCUT2D eigenvalue weighted by Crippen LogP contribution is 2.29. The van der Waals surface area contributed by atoms with Crippen LogP contribution in [0.3, 0.4) is 0 Å². The number of hydrogen-bond acceptors (Lipinski definition) is 4. The van der Waals surface area contributed by atoms with Crippen molar-refractivity contribution in [1.82, 2.24) is 5.32 Å². The van der Waals surface area contributed by atoms with Gasteiger partial charge in [0.05, 0.1) is 11.8 Å². The summed E-state index contributed by atoms with van der Waals surface area (Å²) in [6.07, 6.45) is 3.38. The Balaban J connectivity index is 2.64. The molecule has 0 aliphatic carbocycles. The molecule has 4 nitrogen and oxygen atoms in total. The zero-order valence-corrected chi connectivity index (χ0v) is 12.6. The third-order valence-electron chi connectivity index (χ3n) is 3.09. The molecule has 17 heavy (non-hydrogen) atoms. The molecule has 1 atom stereocenters. The van der Waals surface area contributed by atoms with Gasteiger partial charge < -0.3 is 5.32 Å². The maximum atomic E-state index is 11.2. The summed E-state index contributed by atoms with van der Waals surface area (Å²) in [7, 11) is -2.95. The first-order valence-corrected chi connectivity index (χ1v) is 9.01. The Hall–Kier alpha value is -0.230. The third-order valence-corrected chi connectivity index (χ3v) is 5.36. The van der Waals surface area contributed by atoms with E-state index in [0.29, 0.717) is 0 Å². The topological polar surface area (TPSA) is 58.5 Å². The Morgan fingerprint density at radius 2 is 2.06 bits per heavy atom. The van der Waals surface area contributed by atoms with Crippen LogP contribution in [0.2, 0.25) is 0 Å². The van der Waals surface area contributed by atoms with Crippen molar-refractivity contribution in [2.45, 2.75) is 45.2 Å². The molecule has 0 aromatic carbocycles. The molecule has 0 amide bonds. The van der Waals surface area contributed by atoms with Crippen molar-refractivity contribution >= 4 is 26.8 Å². The number of aliphatic imine (C=N–C) groups is 1. The SMILES string of the molecule is CCC1(CC)CSC(=NC(C)CS(C)(=O)=O)N1. The molecule has 1 N–H and O–H groups in total. The first-order chi connectivity index (χ1) is 7.80. The van der Waals surface area contributed by atoms with Crippen molar-refractivity contribution in [3.05, 3.63) is 0 Å². The molecule has 0 bridgehead atoms. The molecule has 100 valence electrons. The quantitative estimate of drug-likeness (QED) is 0.831. The summed E-state index contributed by atoms with van der Waals surface area (Å²) < 4.78 is 22.3. The number of rotatable bonds is 5. The van der Waals surface area contributed by atoms with E-state index in [1.165, 1.54) is 6.26 Å². The average Bonchev–Trinajstić information content (AvgIpc) is 2.59. The Kier molecular flexibility index (Phi) is 4.89. The zero-order valence-electron chi connectivity index (χ0n) is 11.0.